The maximum atomic E-state index is 14.2. The minimum Gasteiger partial charge on any atom is -0.393 e. The third-order valence-corrected chi connectivity index (χ3v) is 8.62. The topological polar surface area (TPSA) is 82.5 Å². The van der Waals surface area contributed by atoms with Crippen LogP contribution in [0.1, 0.15) is 77.4 Å². The van der Waals surface area contributed by atoms with E-state index in [1.165, 1.54) is 4.90 Å². The van der Waals surface area contributed by atoms with E-state index >= 15 is 0 Å². The van der Waals surface area contributed by atoms with Gasteiger partial charge in [-0.15, -0.1) is 11.3 Å². The van der Waals surface area contributed by atoms with E-state index in [9.17, 15) is 49.8 Å². The number of benzene rings is 1. The number of aliphatic hydroxyl groups is 1. The van der Waals surface area contributed by atoms with Gasteiger partial charge in [0.25, 0.3) is 18.2 Å². The Kier molecular flexibility index (Phi) is 7.95. The van der Waals surface area contributed by atoms with Crippen molar-refractivity contribution in [2.45, 2.75) is 81.9 Å². The fraction of sp³-hybridized carbons (Fsp3) is 0.560. The normalized spacial score (nSPS) is 22.0. The Labute approximate surface area is 227 Å². The Morgan fingerprint density at radius 1 is 1.12 bits per heavy atom. The summed E-state index contributed by atoms with van der Waals surface area (Å²) in [5.41, 5.74) is -7.97. The van der Waals surface area contributed by atoms with Crippen molar-refractivity contribution in [3.63, 3.8) is 0 Å². The summed E-state index contributed by atoms with van der Waals surface area (Å²) in [6, 6.07) is 0.638. The smallest absolute Gasteiger partial charge is 0.393 e. The van der Waals surface area contributed by atoms with Crippen LogP contribution in [0, 0.1) is 0 Å². The van der Waals surface area contributed by atoms with E-state index < -0.39 is 64.5 Å². The third-order valence-electron chi connectivity index (χ3n) is 7.53. The van der Waals surface area contributed by atoms with Crippen LogP contribution in [-0.4, -0.2) is 63.9 Å². The molecule has 2 fully saturated rings. The molecule has 1 aliphatic heterocycles. The summed E-state index contributed by atoms with van der Waals surface area (Å²) in [4.78, 5) is 31.5. The number of carbonyl (C=O) groups excluding carboxylic acids is 2. The Bertz CT molecular complexity index is 1270. The number of nitrogens with zero attached hydrogens (tertiary/aromatic N) is 2. The van der Waals surface area contributed by atoms with Gasteiger partial charge in [-0.2, -0.15) is 26.3 Å². The van der Waals surface area contributed by atoms with Gasteiger partial charge in [0.05, 0.1) is 11.0 Å². The molecular weight excluding hydrogens is 574 g/mol. The molecule has 1 aromatic heterocycles. The summed E-state index contributed by atoms with van der Waals surface area (Å²) in [6.07, 6.45) is -14.0. The zero-order valence-electron chi connectivity index (χ0n) is 21.2. The number of carbonyl (C=O) groups is 2. The van der Waals surface area contributed by atoms with E-state index in [4.69, 9.17) is 0 Å². The zero-order chi connectivity index (χ0) is 29.8. The van der Waals surface area contributed by atoms with Crippen LogP contribution in [0.25, 0.3) is 10.4 Å². The average molecular weight is 600 g/mol. The van der Waals surface area contributed by atoms with Gasteiger partial charge in [0, 0.05) is 29.8 Å². The molecule has 1 atom stereocenters. The van der Waals surface area contributed by atoms with Crippen molar-refractivity contribution in [3.05, 3.63) is 40.0 Å². The number of alkyl halides is 8. The lowest BCUT2D eigenvalue weighted by Crippen LogP contribution is -2.51. The molecule has 2 heterocycles. The molecule has 2 N–H and O–H groups in total. The van der Waals surface area contributed by atoms with Crippen LogP contribution in [0.3, 0.4) is 0 Å². The van der Waals surface area contributed by atoms with Crippen molar-refractivity contribution in [1.82, 2.24) is 15.2 Å². The molecule has 0 radical (unpaired) electrons. The van der Waals surface area contributed by atoms with Crippen LogP contribution in [0.15, 0.2) is 18.2 Å². The van der Waals surface area contributed by atoms with Crippen LogP contribution in [0.4, 0.5) is 35.1 Å². The molecule has 2 aromatic rings. The van der Waals surface area contributed by atoms with E-state index in [1.54, 1.807) is 6.92 Å². The van der Waals surface area contributed by atoms with Crippen molar-refractivity contribution in [3.8, 4) is 10.4 Å². The van der Waals surface area contributed by atoms with E-state index in [2.05, 4.69) is 10.3 Å². The quantitative estimate of drug-likeness (QED) is 0.399. The van der Waals surface area contributed by atoms with E-state index in [0.29, 0.717) is 42.9 Å². The standard InChI is InChI=1S/C25H25F8N3O3S/c1-11-4-3-7-36(11)22(39)17-18(40-21(35-17)20(38)34-13-9-14(37)10-13)15-6-5-12(8-16(15)19(26)27)23(2,24(28,29)30)25(31,32)33/h5-6,8,11,13-14,19,37H,3-4,7,9-10H2,1-2H3,(H,34,38)/t11-,13-,14-/m0/s1. The first-order valence-electron chi connectivity index (χ1n) is 12.3. The monoisotopic (exact) mass is 599 g/mol. The maximum Gasteiger partial charge on any atom is 0.406 e. The minimum atomic E-state index is -5.86. The zero-order valence-corrected chi connectivity index (χ0v) is 22.0. The predicted octanol–water partition coefficient (Wildman–Crippen LogP) is 6.01. The van der Waals surface area contributed by atoms with Gasteiger partial charge in [-0.1, -0.05) is 12.1 Å². The molecule has 40 heavy (non-hydrogen) atoms. The first kappa shape index (κ1) is 30.2. The van der Waals surface area contributed by atoms with Crippen LogP contribution in [0.5, 0.6) is 0 Å². The first-order valence-corrected chi connectivity index (χ1v) is 13.1. The van der Waals surface area contributed by atoms with Gasteiger partial charge in [-0.3, -0.25) is 9.59 Å². The number of aliphatic hydroxyl groups excluding tert-OH is 1. The van der Waals surface area contributed by atoms with Crippen LogP contribution < -0.4 is 5.32 Å². The summed E-state index contributed by atoms with van der Waals surface area (Å²) in [7, 11) is 0. The molecule has 0 unspecified atom stereocenters. The van der Waals surface area contributed by atoms with Gasteiger partial charge in [0.2, 0.25) is 0 Å². The second-order valence-corrected chi connectivity index (χ2v) is 11.2. The number of thiazole rings is 1. The summed E-state index contributed by atoms with van der Waals surface area (Å²) < 4.78 is 110. The molecule has 1 aromatic carbocycles. The highest BCUT2D eigenvalue weighted by Crippen LogP contribution is 2.53. The third kappa shape index (κ3) is 5.29. The molecule has 1 saturated heterocycles. The minimum absolute atomic E-state index is 0.131. The largest absolute Gasteiger partial charge is 0.406 e. The summed E-state index contributed by atoms with van der Waals surface area (Å²) in [5.74, 6) is -1.46. The maximum absolute atomic E-state index is 14.2. The first-order chi connectivity index (χ1) is 18.5. The summed E-state index contributed by atoms with van der Waals surface area (Å²) >= 11 is 0.532. The number of hydrogen-bond acceptors (Lipinski definition) is 5. The number of nitrogens with one attached hydrogen (secondary N) is 1. The van der Waals surface area contributed by atoms with Gasteiger partial charge in [-0.05, 0) is 51.2 Å². The molecule has 2 aliphatic rings. The van der Waals surface area contributed by atoms with Gasteiger partial charge in [0.15, 0.2) is 10.4 Å². The lowest BCUT2D eigenvalue weighted by molar-refractivity contribution is -0.297. The van der Waals surface area contributed by atoms with Crippen molar-refractivity contribution in [1.29, 1.82) is 0 Å². The number of rotatable bonds is 6. The highest BCUT2D eigenvalue weighted by atomic mass is 32.1. The van der Waals surface area contributed by atoms with Crippen LogP contribution in [-0.2, 0) is 5.41 Å². The summed E-state index contributed by atoms with van der Waals surface area (Å²) in [6.45, 7) is 1.93. The second kappa shape index (κ2) is 10.5. The highest BCUT2D eigenvalue weighted by molar-refractivity contribution is 7.17. The van der Waals surface area contributed by atoms with Crippen LogP contribution >= 0.6 is 11.3 Å². The van der Waals surface area contributed by atoms with Crippen molar-refractivity contribution in [2.24, 2.45) is 0 Å². The SMILES string of the molecule is C[C@H]1CCCN1C(=O)c1nc(C(=O)N[C@H]2C[C@H](O)C2)sc1-c1ccc(C(C)(C(F)(F)F)C(F)(F)F)cc1C(F)F. The Morgan fingerprint density at radius 2 is 1.75 bits per heavy atom. The van der Waals surface area contributed by atoms with Crippen molar-refractivity contribution < 1.29 is 49.8 Å². The van der Waals surface area contributed by atoms with E-state index in [-0.39, 0.29) is 47.8 Å². The fourth-order valence-electron chi connectivity index (χ4n) is 4.82. The van der Waals surface area contributed by atoms with Crippen molar-refractivity contribution >= 4 is 23.2 Å². The Morgan fingerprint density at radius 3 is 2.25 bits per heavy atom. The molecule has 0 spiro atoms. The van der Waals surface area contributed by atoms with Gasteiger partial charge in [-0.25, -0.2) is 13.8 Å². The highest BCUT2D eigenvalue weighted by Gasteiger charge is 2.68. The molecule has 15 heteroatoms. The fourth-order valence-corrected chi connectivity index (χ4v) is 5.83. The van der Waals surface area contributed by atoms with E-state index in [1.807, 2.05) is 0 Å². The molecule has 220 valence electrons. The molecule has 0 bridgehead atoms. The second-order valence-electron chi connectivity index (χ2n) is 10.2. The van der Waals surface area contributed by atoms with Gasteiger partial charge < -0.3 is 15.3 Å². The predicted molar refractivity (Wildman–Crippen MR) is 128 cm³/mol. The van der Waals surface area contributed by atoms with Crippen LogP contribution in [0.2, 0.25) is 0 Å². The number of hydrogen-bond donors (Lipinski definition) is 2. The molecular formula is C25H25F8N3O3S. The number of likely N-dealkylation sites (tertiary alicyclic amines) is 1. The number of amides is 2. The number of aromatic nitrogens is 1. The lowest BCUT2D eigenvalue weighted by atomic mass is 9.79. The van der Waals surface area contributed by atoms with E-state index in [0.717, 1.165) is 0 Å². The Balaban J connectivity index is 1.85. The van der Waals surface area contributed by atoms with Gasteiger partial charge >= 0.3 is 12.4 Å². The molecule has 2 amide bonds. The average Bonchev–Trinajstić information content (AvgIpc) is 3.47. The molecule has 6 nitrogen and oxygen atoms in total. The Hall–Kier alpha value is -2.81. The lowest BCUT2D eigenvalue weighted by Gasteiger charge is -2.34. The molecule has 4 rings (SSSR count). The number of halogens is 8. The summed E-state index contributed by atoms with van der Waals surface area (Å²) in [5, 5.41) is 11.8. The van der Waals surface area contributed by atoms with Crippen molar-refractivity contribution in [2.75, 3.05) is 6.54 Å². The molecule has 1 aliphatic carbocycles. The van der Waals surface area contributed by atoms with Gasteiger partial charge in [0.1, 0.15) is 5.69 Å². The molecule has 1 saturated carbocycles.